The fraction of sp³-hybridized carbons (Fsp3) is 0.417. The minimum Gasteiger partial charge on any atom is -0.478 e. The fourth-order valence-corrected chi connectivity index (χ4v) is 1.91. The molecule has 6 heteroatoms. The van der Waals surface area contributed by atoms with Crippen LogP contribution >= 0.6 is 0 Å². The van der Waals surface area contributed by atoms with Crippen LogP contribution in [-0.2, 0) is 11.3 Å². The Labute approximate surface area is 104 Å². The van der Waals surface area contributed by atoms with Gasteiger partial charge in [0, 0.05) is 12.7 Å². The summed E-state index contributed by atoms with van der Waals surface area (Å²) < 4.78 is 0. The Morgan fingerprint density at radius 3 is 3.06 bits per heavy atom. The van der Waals surface area contributed by atoms with Crippen LogP contribution in [0.4, 0.5) is 0 Å². The number of carboxylic acid groups (broad SMARTS) is 1. The number of hydrogen-bond donors (Lipinski definition) is 3. The second-order valence-corrected chi connectivity index (χ2v) is 4.25. The molecule has 0 radical (unpaired) electrons. The average Bonchev–Trinajstić information content (AvgIpc) is 2.90. The van der Waals surface area contributed by atoms with Gasteiger partial charge in [0.2, 0.25) is 5.91 Å². The van der Waals surface area contributed by atoms with E-state index in [4.69, 9.17) is 5.11 Å². The number of aromatic carboxylic acids is 1. The van der Waals surface area contributed by atoms with Crippen LogP contribution in [0.3, 0.4) is 0 Å². The third-order valence-corrected chi connectivity index (χ3v) is 2.94. The molecular formula is C12H15N3O3. The Bertz CT molecular complexity index is 456. The van der Waals surface area contributed by atoms with Crippen LogP contribution in [0, 0.1) is 5.92 Å². The molecule has 1 amide bonds. The molecule has 1 saturated heterocycles. The summed E-state index contributed by atoms with van der Waals surface area (Å²) in [5.74, 6) is -1.000. The molecule has 0 saturated carbocycles. The smallest absolute Gasteiger partial charge is 0.335 e. The predicted molar refractivity (Wildman–Crippen MR) is 64.0 cm³/mol. The molecule has 2 heterocycles. The lowest BCUT2D eigenvalue weighted by Crippen LogP contribution is -2.31. The van der Waals surface area contributed by atoms with Gasteiger partial charge in [-0.1, -0.05) is 0 Å². The van der Waals surface area contributed by atoms with Crippen molar-refractivity contribution in [2.24, 2.45) is 5.92 Å². The Hall–Kier alpha value is -1.95. The van der Waals surface area contributed by atoms with Gasteiger partial charge in [-0.2, -0.15) is 0 Å². The second kappa shape index (κ2) is 5.59. The van der Waals surface area contributed by atoms with Crippen molar-refractivity contribution in [3.8, 4) is 0 Å². The molecule has 0 aromatic carbocycles. The number of carboxylic acids is 1. The van der Waals surface area contributed by atoms with Crippen LogP contribution in [0.1, 0.15) is 22.5 Å². The number of carbonyl (C=O) groups excluding carboxylic acids is 1. The first-order valence-corrected chi connectivity index (χ1v) is 5.83. The zero-order valence-electron chi connectivity index (χ0n) is 9.85. The normalized spacial score (nSPS) is 18.6. The predicted octanol–water partition coefficient (Wildman–Crippen LogP) is 0.00550. The summed E-state index contributed by atoms with van der Waals surface area (Å²) in [6, 6.07) is 2.89. The van der Waals surface area contributed by atoms with E-state index in [-0.39, 0.29) is 23.9 Å². The second-order valence-electron chi connectivity index (χ2n) is 4.25. The van der Waals surface area contributed by atoms with E-state index in [1.165, 1.54) is 18.3 Å². The molecule has 1 unspecified atom stereocenters. The standard InChI is InChI=1S/C12H15N3O3/c16-11(9-1-3-13-6-9)15-7-10-5-8(12(17)18)2-4-14-10/h2,4-5,9,13H,1,3,6-7H2,(H,15,16)(H,17,18). The van der Waals surface area contributed by atoms with Gasteiger partial charge in [-0.25, -0.2) is 4.79 Å². The monoisotopic (exact) mass is 249 g/mol. The third kappa shape index (κ3) is 3.04. The van der Waals surface area contributed by atoms with Crippen LogP contribution < -0.4 is 10.6 Å². The van der Waals surface area contributed by atoms with Crippen molar-refractivity contribution in [3.63, 3.8) is 0 Å². The van der Waals surface area contributed by atoms with E-state index in [1.54, 1.807) is 0 Å². The van der Waals surface area contributed by atoms with Gasteiger partial charge in [0.15, 0.2) is 0 Å². The summed E-state index contributed by atoms with van der Waals surface area (Å²) in [6.07, 6.45) is 2.27. The van der Waals surface area contributed by atoms with E-state index >= 15 is 0 Å². The van der Waals surface area contributed by atoms with Crippen LogP contribution in [0.25, 0.3) is 0 Å². The largest absolute Gasteiger partial charge is 0.478 e. The van der Waals surface area contributed by atoms with Crippen molar-refractivity contribution in [1.29, 1.82) is 0 Å². The minimum atomic E-state index is -0.995. The van der Waals surface area contributed by atoms with Crippen LogP contribution in [-0.4, -0.2) is 35.1 Å². The van der Waals surface area contributed by atoms with Gasteiger partial charge in [-0.05, 0) is 25.1 Å². The minimum absolute atomic E-state index is 0.00709. The summed E-state index contributed by atoms with van der Waals surface area (Å²) in [4.78, 5) is 26.5. The fourth-order valence-electron chi connectivity index (χ4n) is 1.91. The maximum absolute atomic E-state index is 11.7. The van der Waals surface area contributed by atoms with Crippen LogP contribution in [0.15, 0.2) is 18.3 Å². The summed E-state index contributed by atoms with van der Waals surface area (Å²) in [5.41, 5.74) is 0.728. The molecule has 1 aliphatic rings. The van der Waals surface area contributed by atoms with Gasteiger partial charge < -0.3 is 15.7 Å². The lowest BCUT2D eigenvalue weighted by molar-refractivity contribution is -0.124. The molecule has 1 fully saturated rings. The Kier molecular flexibility index (Phi) is 3.88. The molecule has 1 aliphatic heterocycles. The van der Waals surface area contributed by atoms with Crippen molar-refractivity contribution >= 4 is 11.9 Å². The first-order valence-electron chi connectivity index (χ1n) is 5.83. The van der Waals surface area contributed by atoms with Crippen molar-refractivity contribution in [2.45, 2.75) is 13.0 Å². The Balaban J connectivity index is 1.91. The number of nitrogens with zero attached hydrogens (tertiary/aromatic N) is 1. The highest BCUT2D eigenvalue weighted by Crippen LogP contribution is 2.08. The van der Waals surface area contributed by atoms with Gasteiger partial charge >= 0.3 is 5.97 Å². The SMILES string of the molecule is O=C(O)c1ccnc(CNC(=O)C2CCNC2)c1. The topological polar surface area (TPSA) is 91.3 Å². The number of nitrogens with one attached hydrogen (secondary N) is 2. The highest BCUT2D eigenvalue weighted by molar-refractivity contribution is 5.87. The van der Waals surface area contributed by atoms with E-state index in [2.05, 4.69) is 15.6 Å². The maximum atomic E-state index is 11.7. The summed E-state index contributed by atoms with van der Waals surface area (Å²) in [5, 5.41) is 14.7. The van der Waals surface area contributed by atoms with E-state index in [1.807, 2.05) is 0 Å². The Morgan fingerprint density at radius 1 is 1.56 bits per heavy atom. The molecule has 0 aliphatic carbocycles. The molecule has 3 N–H and O–H groups in total. The molecule has 96 valence electrons. The number of aromatic nitrogens is 1. The summed E-state index contributed by atoms with van der Waals surface area (Å²) in [7, 11) is 0. The lowest BCUT2D eigenvalue weighted by Gasteiger charge is -2.09. The molecule has 2 rings (SSSR count). The molecule has 1 aromatic heterocycles. The third-order valence-electron chi connectivity index (χ3n) is 2.94. The van der Waals surface area contributed by atoms with Crippen molar-refractivity contribution in [1.82, 2.24) is 15.6 Å². The quantitative estimate of drug-likeness (QED) is 0.699. The Morgan fingerprint density at radius 2 is 2.39 bits per heavy atom. The maximum Gasteiger partial charge on any atom is 0.335 e. The molecule has 6 nitrogen and oxygen atoms in total. The number of pyridine rings is 1. The molecule has 1 aromatic rings. The summed E-state index contributed by atoms with van der Waals surface area (Å²) in [6.45, 7) is 1.83. The van der Waals surface area contributed by atoms with Crippen LogP contribution in [0.5, 0.6) is 0 Å². The molecule has 0 bridgehead atoms. The van der Waals surface area contributed by atoms with E-state index in [9.17, 15) is 9.59 Å². The first kappa shape index (κ1) is 12.5. The number of hydrogen-bond acceptors (Lipinski definition) is 4. The average molecular weight is 249 g/mol. The zero-order chi connectivity index (χ0) is 13.0. The van der Waals surface area contributed by atoms with Gasteiger partial charge in [-0.15, -0.1) is 0 Å². The molecule has 1 atom stereocenters. The van der Waals surface area contributed by atoms with E-state index in [0.717, 1.165) is 13.0 Å². The number of amides is 1. The highest BCUT2D eigenvalue weighted by atomic mass is 16.4. The zero-order valence-corrected chi connectivity index (χ0v) is 9.85. The molecule has 18 heavy (non-hydrogen) atoms. The first-order chi connectivity index (χ1) is 8.66. The van der Waals surface area contributed by atoms with Gasteiger partial charge in [0.1, 0.15) is 0 Å². The van der Waals surface area contributed by atoms with Gasteiger partial charge in [0.05, 0.1) is 23.7 Å². The van der Waals surface area contributed by atoms with E-state index in [0.29, 0.717) is 12.2 Å². The highest BCUT2D eigenvalue weighted by Gasteiger charge is 2.21. The van der Waals surface area contributed by atoms with E-state index < -0.39 is 5.97 Å². The molecular weight excluding hydrogens is 234 g/mol. The van der Waals surface area contributed by atoms with Crippen molar-refractivity contribution in [2.75, 3.05) is 13.1 Å². The summed E-state index contributed by atoms with van der Waals surface area (Å²) >= 11 is 0. The van der Waals surface area contributed by atoms with Crippen molar-refractivity contribution < 1.29 is 14.7 Å². The number of rotatable bonds is 4. The van der Waals surface area contributed by atoms with Crippen LogP contribution in [0.2, 0.25) is 0 Å². The molecule has 0 spiro atoms. The number of carbonyl (C=O) groups is 2. The lowest BCUT2D eigenvalue weighted by atomic mass is 10.1. The van der Waals surface area contributed by atoms with Crippen molar-refractivity contribution in [3.05, 3.63) is 29.6 Å². The van der Waals surface area contributed by atoms with Gasteiger partial charge in [0.25, 0.3) is 0 Å². The van der Waals surface area contributed by atoms with Gasteiger partial charge in [-0.3, -0.25) is 9.78 Å².